The van der Waals surface area contributed by atoms with Gasteiger partial charge >= 0.3 is 0 Å². The Morgan fingerprint density at radius 1 is 1.16 bits per heavy atom. The number of hydrogen-bond donors (Lipinski definition) is 0. The molecule has 140 valence electrons. The second-order valence-electron chi connectivity index (χ2n) is 6.65. The smallest absolute Gasteiger partial charge is 0.243 e. The third kappa shape index (κ3) is 5.36. The van der Waals surface area contributed by atoms with Crippen LogP contribution in [-0.4, -0.2) is 58.7 Å². The molecule has 0 bridgehead atoms. The van der Waals surface area contributed by atoms with Gasteiger partial charge in [-0.3, -0.25) is 9.10 Å². The summed E-state index contributed by atoms with van der Waals surface area (Å²) in [7, 11) is -1.81. The summed E-state index contributed by atoms with van der Waals surface area (Å²) >= 11 is 0. The molecular weight excluding hydrogens is 338 g/mol. The number of rotatable bonds is 8. The molecular formula is C18H29N3O3S. The summed E-state index contributed by atoms with van der Waals surface area (Å²) < 4.78 is 25.6. The van der Waals surface area contributed by atoms with Gasteiger partial charge in [0.1, 0.15) is 6.54 Å². The predicted molar refractivity (Wildman–Crippen MR) is 103 cm³/mol. The molecule has 1 aliphatic rings. The first-order chi connectivity index (χ1) is 11.8. The van der Waals surface area contributed by atoms with E-state index in [0.29, 0.717) is 12.2 Å². The molecule has 0 atom stereocenters. The van der Waals surface area contributed by atoms with Crippen LogP contribution in [0.25, 0.3) is 0 Å². The zero-order chi connectivity index (χ0) is 18.4. The number of nitrogens with zero attached hydrogens (tertiary/aromatic N) is 3. The molecule has 1 heterocycles. The monoisotopic (exact) mass is 367 g/mol. The Labute approximate surface area is 151 Å². The van der Waals surface area contributed by atoms with Crippen LogP contribution in [0.3, 0.4) is 0 Å². The molecule has 0 saturated carbocycles. The number of benzene rings is 1. The van der Waals surface area contributed by atoms with Gasteiger partial charge in [-0.05, 0) is 43.5 Å². The molecule has 0 N–H and O–H groups in total. The number of sulfonamides is 1. The highest BCUT2D eigenvalue weighted by Crippen LogP contribution is 2.25. The summed E-state index contributed by atoms with van der Waals surface area (Å²) in [5, 5.41) is 0. The maximum atomic E-state index is 12.4. The first-order valence-electron chi connectivity index (χ1n) is 8.89. The number of likely N-dealkylation sites (N-methyl/N-ethyl adjacent to an activating group) is 1. The third-order valence-corrected chi connectivity index (χ3v) is 5.70. The molecule has 1 aliphatic heterocycles. The number of anilines is 2. The molecule has 2 rings (SSSR count). The normalized spacial score (nSPS) is 14.6. The minimum Gasteiger partial charge on any atom is -0.372 e. The van der Waals surface area contributed by atoms with Crippen molar-refractivity contribution in [3.05, 3.63) is 24.3 Å². The highest BCUT2D eigenvalue weighted by atomic mass is 32.2. The fraction of sp³-hybridized carbons (Fsp3) is 0.611. The molecule has 0 aliphatic carbocycles. The Morgan fingerprint density at radius 2 is 1.76 bits per heavy atom. The van der Waals surface area contributed by atoms with Gasteiger partial charge in [0.15, 0.2) is 0 Å². The van der Waals surface area contributed by atoms with Crippen LogP contribution < -0.4 is 9.21 Å². The average molecular weight is 368 g/mol. The van der Waals surface area contributed by atoms with Crippen molar-refractivity contribution in [2.24, 2.45) is 0 Å². The van der Waals surface area contributed by atoms with Crippen molar-refractivity contribution in [2.75, 3.05) is 48.7 Å². The lowest BCUT2D eigenvalue weighted by Gasteiger charge is -2.26. The second kappa shape index (κ2) is 8.56. The van der Waals surface area contributed by atoms with E-state index in [1.54, 1.807) is 24.1 Å². The lowest BCUT2D eigenvalue weighted by Crippen LogP contribution is -2.41. The van der Waals surface area contributed by atoms with Crippen molar-refractivity contribution in [1.82, 2.24) is 4.90 Å². The molecule has 1 saturated heterocycles. The molecule has 1 aromatic rings. The molecule has 0 spiro atoms. The van der Waals surface area contributed by atoms with E-state index < -0.39 is 10.0 Å². The van der Waals surface area contributed by atoms with Crippen LogP contribution in [0, 0.1) is 0 Å². The molecule has 0 unspecified atom stereocenters. The van der Waals surface area contributed by atoms with Crippen molar-refractivity contribution in [1.29, 1.82) is 0 Å². The standard InChI is InChI=1S/C18H29N3O3S/c1-4-5-12-19(2)18(22)15-21(25(3,23)24)17-10-8-16(9-11-17)20-13-6-7-14-20/h8-11H,4-7,12-15H2,1-3H3. The van der Waals surface area contributed by atoms with Gasteiger partial charge in [0.2, 0.25) is 15.9 Å². The molecule has 6 nitrogen and oxygen atoms in total. The summed E-state index contributed by atoms with van der Waals surface area (Å²) in [6.45, 7) is 4.61. The van der Waals surface area contributed by atoms with E-state index in [-0.39, 0.29) is 12.5 Å². The molecule has 0 radical (unpaired) electrons. The van der Waals surface area contributed by atoms with Gasteiger partial charge in [-0.15, -0.1) is 0 Å². The second-order valence-corrected chi connectivity index (χ2v) is 8.56. The van der Waals surface area contributed by atoms with Crippen LogP contribution in [0.15, 0.2) is 24.3 Å². The van der Waals surface area contributed by atoms with Gasteiger partial charge in [0.05, 0.1) is 11.9 Å². The highest BCUT2D eigenvalue weighted by molar-refractivity contribution is 7.92. The summed E-state index contributed by atoms with van der Waals surface area (Å²) in [4.78, 5) is 16.3. The Kier molecular flexibility index (Phi) is 6.70. The molecule has 25 heavy (non-hydrogen) atoms. The number of amides is 1. The van der Waals surface area contributed by atoms with Gasteiger partial charge in [0, 0.05) is 32.4 Å². The Balaban J connectivity index is 2.13. The fourth-order valence-electron chi connectivity index (χ4n) is 2.97. The zero-order valence-corrected chi connectivity index (χ0v) is 16.3. The number of carbonyl (C=O) groups excluding carboxylic acids is 1. The summed E-state index contributed by atoms with van der Waals surface area (Å²) in [6, 6.07) is 7.44. The largest absolute Gasteiger partial charge is 0.372 e. The summed E-state index contributed by atoms with van der Waals surface area (Å²) in [6.07, 6.45) is 5.42. The van der Waals surface area contributed by atoms with Crippen molar-refractivity contribution in [3.8, 4) is 0 Å². The number of carbonyl (C=O) groups is 1. The van der Waals surface area contributed by atoms with Crippen LogP contribution in [0.5, 0.6) is 0 Å². The van der Waals surface area contributed by atoms with Crippen LogP contribution in [-0.2, 0) is 14.8 Å². The minimum absolute atomic E-state index is 0.165. The van der Waals surface area contributed by atoms with Crippen molar-refractivity contribution in [3.63, 3.8) is 0 Å². The first-order valence-corrected chi connectivity index (χ1v) is 10.7. The van der Waals surface area contributed by atoms with Crippen LogP contribution in [0.1, 0.15) is 32.6 Å². The van der Waals surface area contributed by atoms with E-state index in [4.69, 9.17) is 0 Å². The quantitative estimate of drug-likeness (QED) is 0.707. The van der Waals surface area contributed by atoms with Crippen molar-refractivity contribution >= 4 is 27.3 Å². The molecule has 1 amide bonds. The van der Waals surface area contributed by atoms with Gasteiger partial charge < -0.3 is 9.80 Å². The summed E-state index contributed by atoms with van der Waals surface area (Å²) in [5.74, 6) is -0.192. The van der Waals surface area contributed by atoms with Gasteiger partial charge in [-0.2, -0.15) is 0 Å². The predicted octanol–water partition coefficient (Wildman–Crippen LogP) is 2.31. The molecule has 7 heteroatoms. The Hall–Kier alpha value is -1.76. The lowest BCUT2D eigenvalue weighted by molar-refractivity contribution is -0.128. The van der Waals surface area contributed by atoms with E-state index >= 15 is 0 Å². The number of hydrogen-bond acceptors (Lipinski definition) is 4. The molecule has 0 aromatic heterocycles. The first kappa shape index (κ1) is 19.6. The topological polar surface area (TPSA) is 60.9 Å². The van der Waals surface area contributed by atoms with E-state index in [9.17, 15) is 13.2 Å². The van der Waals surface area contributed by atoms with Crippen molar-refractivity contribution in [2.45, 2.75) is 32.6 Å². The van der Waals surface area contributed by atoms with Gasteiger partial charge in [-0.25, -0.2) is 8.42 Å². The Morgan fingerprint density at radius 3 is 2.28 bits per heavy atom. The molecule has 1 fully saturated rings. The summed E-state index contributed by atoms with van der Waals surface area (Å²) in [5.41, 5.74) is 1.63. The van der Waals surface area contributed by atoms with Gasteiger partial charge in [-0.1, -0.05) is 13.3 Å². The minimum atomic E-state index is -3.53. The lowest BCUT2D eigenvalue weighted by atomic mass is 10.2. The average Bonchev–Trinajstić information content (AvgIpc) is 3.11. The van der Waals surface area contributed by atoms with E-state index in [1.165, 1.54) is 17.1 Å². The van der Waals surface area contributed by atoms with E-state index in [2.05, 4.69) is 11.8 Å². The highest BCUT2D eigenvalue weighted by Gasteiger charge is 2.23. The SMILES string of the molecule is CCCCN(C)C(=O)CN(c1ccc(N2CCCC2)cc1)S(C)(=O)=O. The van der Waals surface area contributed by atoms with Crippen LogP contribution >= 0.6 is 0 Å². The van der Waals surface area contributed by atoms with Crippen LogP contribution in [0.2, 0.25) is 0 Å². The fourth-order valence-corrected chi connectivity index (χ4v) is 3.82. The van der Waals surface area contributed by atoms with E-state index in [1.807, 2.05) is 12.1 Å². The maximum absolute atomic E-state index is 12.4. The van der Waals surface area contributed by atoms with E-state index in [0.717, 1.165) is 37.9 Å². The van der Waals surface area contributed by atoms with Crippen molar-refractivity contribution < 1.29 is 13.2 Å². The number of unbranched alkanes of at least 4 members (excludes halogenated alkanes) is 1. The molecule has 1 aromatic carbocycles. The van der Waals surface area contributed by atoms with Crippen LogP contribution in [0.4, 0.5) is 11.4 Å². The zero-order valence-electron chi connectivity index (χ0n) is 15.4. The van der Waals surface area contributed by atoms with Gasteiger partial charge in [0.25, 0.3) is 0 Å². The third-order valence-electron chi connectivity index (χ3n) is 4.56. The Bertz CT molecular complexity index is 667. The maximum Gasteiger partial charge on any atom is 0.243 e.